The summed E-state index contributed by atoms with van der Waals surface area (Å²) in [6, 6.07) is 0.676. The highest BCUT2D eigenvalue weighted by atomic mass is 16.2. The number of imidazole rings is 1. The number of hydrogen-bond acceptors (Lipinski definition) is 3. The molecule has 0 radical (unpaired) electrons. The fraction of sp³-hybridized carbons (Fsp3) is 0.778. The second-order valence-electron chi connectivity index (χ2n) is 7.03. The molecule has 0 bridgehead atoms. The molecule has 23 heavy (non-hydrogen) atoms. The van der Waals surface area contributed by atoms with Crippen LogP contribution >= 0.6 is 0 Å². The predicted molar refractivity (Wildman–Crippen MR) is 91.2 cm³/mol. The van der Waals surface area contributed by atoms with Crippen LogP contribution in [0.5, 0.6) is 0 Å². The lowest BCUT2D eigenvalue weighted by Crippen LogP contribution is -2.45. The molecule has 2 aliphatic rings. The summed E-state index contributed by atoms with van der Waals surface area (Å²) in [5.41, 5.74) is 0. The van der Waals surface area contributed by atoms with Gasteiger partial charge in [0.1, 0.15) is 12.4 Å². The van der Waals surface area contributed by atoms with E-state index in [-0.39, 0.29) is 5.91 Å². The van der Waals surface area contributed by atoms with E-state index < -0.39 is 0 Å². The highest BCUT2D eigenvalue weighted by molar-refractivity contribution is 5.76. The second kappa shape index (κ2) is 7.47. The van der Waals surface area contributed by atoms with Gasteiger partial charge in [-0.05, 0) is 51.6 Å². The lowest BCUT2D eigenvalue weighted by molar-refractivity contribution is -0.133. The quantitative estimate of drug-likeness (QED) is 0.835. The number of nitrogens with zero attached hydrogens (tertiary/aromatic N) is 4. The molecule has 128 valence electrons. The predicted octanol–water partition coefficient (Wildman–Crippen LogP) is 2.17. The fourth-order valence-electron chi connectivity index (χ4n) is 4.12. The van der Waals surface area contributed by atoms with Crippen LogP contribution in [0.25, 0.3) is 0 Å². The molecule has 1 amide bonds. The Labute approximate surface area is 139 Å². The van der Waals surface area contributed by atoms with Gasteiger partial charge in [0, 0.05) is 37.9 Å². The van der Waals surface area contributed by atoms with Gasteiger partial charge in [0.15, 0.2) is 0 Å². The van der Waals surface area contributed by atoms with Crippen molar-refractivity contribution in [2.24, 2.45) is 5.92 Å². The number of likely N-dealkylation sites (tertiary alicyclic amines) is 2. The molecular formula is C18H30N4O. The van der Waals surface area contributed by atoms with Crippen molar-refractivity contribution in [3.63, 3.8) is 0 Å². The first kappa shape index (κ1) is 16.5. The van der Waals surface area contributed by atoms with Gasteiger partial charge in [-0.3, -0.25) is 4.79 Å². The van der Waals surface area contributed by atoms with Crippen molar-refractivity contribution >= 4 is 5.91 Å². The molecule has 0 aliphatic carbocycles. The third-order valence-electron chi connectivity index (χ3n) is 5.71. The third kappa shape index (κ3) is 3.77. The minimum atomic E-state index is 0.241. The van der Waals surface area contributed by atoms with Gasteiger partial charge >= 0.3 is 0 Å². The van der Waals surface area contributed by atoms with Crippen molar-refractivity contribution < 1.29 is 4.79 Å². The monoisotopic (exact) mass is 318 g/mol. The Hall–Kier alpha value is -1.36. The molecule has 5 nitrogen and oxygen atoms in total. The van der Waals surface area contributed by atoms with Crippen molar-refractivity contribution in [1.29, 1.82) is 0 Å². The summed E-state index contributed by atoms with van der Waals surface area (Å²) >= 11 is 0. The summed E-state index contributed by atoms with van der Waals surface area (Å²) in [5, 5.41) is 0. The molecule has 2 fully saturated rings. The van der Waals surface area contributed by atoms with Crippen molar-refractivity contribution in [3.8, 4) is 0 Å². The van der Waals surface area contributed by atoms with Gasteiger partial charge in [-0.15, -0.1) is 0 Å². The van der Waals surface area contributed by atoms with Gasteiger partial charge in [-0.25, -0.2) is 4.98 Å². The Morgan fingerprint density at radius 1 is 1.26 bits per heavy atom. The average molecular weight is 318 g/mol. The Morgan fingerprint density at radius 2 is 1.96 bits per heavy atom. The average Bonchev–Trinajstić information content (AvgIpc) is 3.25. The summed E-state index contributed by atoms with van der Waals surface area (Å²) in [4.78, 5) is 21.5. The fourth-order valence-corrected chi connectivity index (χ4v) is 4.12. The van der Waals surface area contributed by atoms with Gasteiger partial charge in [0.25, 0.3) is 0 Å². The SMILES string of the molecule is CCc1nccn1CC(=O)N1CCC(C(C)N2CCCC2)CC1. The highest BCUT2D eigenvalue weighted by Crippen LogP contribution is 2.26. The van der Waals surface area contributed by atoms with Gasteiger partial charge in [0.2, 0.25) is 5.91 Å². The zero-order valence-corrected chi connectivity index (χ0v) is 14.6. The van der Waals surface area contributed by atoms with E-state index in [9.17, 15) is 4.79 Å². The van der Waals surface area contributed by atoms with Gasteiger partial charge in [0.05, 0.1) is 0 Å². The van der Waals surface area contributed by atoms with E-state index in [4.69, 9.17) is 0 Å². The van der Waals surface area contributed by atoms with Gasteiger partial charge in [-0.1, -0.05) is 6.92 Å². The van der Waals surface area contributed by atoms with Crippen molar-refractivity contribution in [1.82, 2.24) is 19.4 Å². The van der Waals surface area contributed by atoms with Crippen molar-refractivity contribution in [2.75, 3.05) is 26.2 Å². The van der Waals surface area contributed by atoms with E-state index in [1.54, 1.807) is 6.20 Å². The maximum atomic E-state index is 12.5. The maximum Gasteiger partial charge on any atom is 0.242 e. The van der Waals surface area contributed by atoms with Crippen LogP contribution in [0, 0.1) is 5.92 Å². The molecule has 5 heteroatoms. The summed E-state index contributed by atoms with van der Waals surface area (Å²) in [5.74, 6) is 1.98. The minimum Gasteiger partial charge on any atom is -0.341 e. The van der Waals surface area contributed by atoms with E-state index in [2.05, 4.69) is 23.7 Å². The number of amides is 1. The molecule has 2 aliphatic heterocycles. The van der Waals surface area contributed by atoms with E-state index in [1.807, 2.05) is 15.7 Å². The lowest BCUT2D eigenvalue weighted by Gasteiger charge is -2.38. The molecule has 1 unspecified atom stereocenters. The Balaban J connectivity index is 1.49. The Morgan fingerprint density at radius 3 is 2.61 bits per heavy atom. The molecule has 0 spiro atoms. The Kier molecular flexibility index (Phi) is 5.36. The third-order valence-corrected chi connectivity index (χ3v) is 5.71. The molecule has 0 saturated carbocycles. The molecule has 0 aromatic carbocycles. The number of carbonyl (C=O) groups excluding carboxylic acids is 1. The van der Waals surface area contributed by atoms with Crippen LogP contribution in [-0.2, 0) is 17.8 Å². The highest BCUT2D eigenvalue weighted by Gasteiger charge is 2.30. The largest absolute Gasteiger partial charge is 0.341 e. The number of aryl methyl sites for hydroxylation is 1. The molecule has 3 heterocycles. The second-order valence-corrected chi connectivity index (χ2v) is 7.03. The Bertz CT molecular complexity index is 513. The van der Waals surface area contributed by atoms with Crippen LogP contribution in [-0.4, -0.2) is 57.5 Å². The molecule has 1 aromatic heterocycles. The summed E-state index contributed by atoms with van der Waals surface area (Å²) in [6.07, 6.45) is 9.57. The van der Waals surface area contributed by atoms with Crippen LogP contribution in [0.3, 0.4) is 0 Å². The summed E-state index contributed by atoms with van der Waals surface area (Å²) in [6.45, 7) is 9.26. The number of piperidine rings is 1. The van der Waals surface area contributed by atoms with E-state index in [0.29, 0.717) is 12.6 Å². The van der Waals surface area contributed by atoms with Crippen LogP contribution in [0.15, 0.2) is 12.4 Å². The van der Waals surface area contributed by atoms with E-state index in [0.717, 1.165) is 44.1 Å². The lowest BCUT2D eigenvalue weighted by atomic mass is 9.89. The smallest absolute Gasteiger partial charge is 0.242 e. The van der Waals surface area contributed by atoms with E-state index in [1.165, 1.54) is 25.9 Å². The number of rotatable bonds is 5. The van der Waals surface area contributed by atoms with Crippen molar-refractivity contribution in [3.05, 3.63) is 18.2 Å². The molecule has 2 saturated heterocycles. The van der Waals surface area contributed by atoms with Crippen molar-refractivity contribution in [2.45, 2.75) is 58.5 Å². The topological polar surface area (TPSA) is 41.4 Å². The molecule has 1 atom stereocenters. The van der Waals surface area contributed by atoms with Gasteiger partial charge in [-0.2, -0.15) is 0 Å². The van der Waals surface area contributed by atoms with Crippen LogP contribution in [0.2, 0.25) is 0 Å². The molecular weight excluding hydrogens is 288 g/mol. The van der Waals surface area contributed by atoms with Crippen LogP contribution < -0.4 is 0 Å². The number of hydrogen-bond donors (Lipinski definition) is 0. The summed E-state index contributed by atoms with van der Waals surface area (Å²) in [7, 11) is 0. The summed E-state index contributed by atoms with van der Waals surface area (Å²) < 4.78 is 1.99. The van der Waals surface area contributed by atoms with Gasteiger partial charge < -0.3 is 14.4 Å². The molecule has 0 N–H and O–H groups in total. The zero-order valence-electron chi connectivity index (χ0n) is 14.6. The standard InChI is InChI=1S/C18H30N4O/c1-3-17-19-8-13-22(17)14-18(23)21-11-6-16(7-12-21)15(2)20-9-4-5-10-20/h8,13,15-16H,3-7,9-12,14H2,1-2H3. The first-order valence-electron chi connectivity index (χ1n) is 9.21. The maximum absolute atomic E-state index is 12.5. The zero-order chi connectivity index (χ0) is 16.2. The van der Waals surface area contributed by atoms with E-state index >= 15 is 0 Å². The first-order chi connectivity index (χ1) is 11.2. The molecule has 1 aromatic rings. The first-order valence-corrected chi connectivity index (χ1v) is 9.21. The number of carbonyl (C=O) groups is 1. The van der Waals surface area contributed by atoms with Crippen LogP contribution in [0.1, 0.15) is 45.4 Å². The number of aromatic nitrogens is 2. The minimum absolute atomic E-state index is 0.241. The normalized spacial score (nSPS) is 21.7. The molecule has 3 rings (SSSR count). The van der Waals surface area contributed by atoms with Crippen LogP contribution in [0.4, 0.5) is 0 Å².